The van der Waals surface area contributed by atoms with Crippen molar-refractivity contribution in [3.8, 4) is 0 Å². The summed E-state index contributed by atoms with van der Waals surface area (Å²) in [7, 11) is -6.08. The summed E-state index contributed by atoms with van der Waals surface area (Å²) in [5.41, 5.74) is 1.40. The molecule has 2 rings (SSSR count). The molecule has 0 aliphatic rings. The fourth-order valence-electron chi connectivity index (χ4n) is 2.05. The Morgan fingerprint density at radius 2 is 1.35 bits per heavy atom. The zero-order valence-electron chi connectivity index (χ0n) is 12.8. The third kappa shape index (κ3) is 3.90. The number of aryl methyl sites for hydroxylation is 1. The van der Waals surface area contributed by atoms with Crippen LogP contribution in [0.25, 0.3) is 0 Å². The van der Waals surface area contributed by atoms with Crippen molar-refractivity contribution in [3.05, 3.63) is 54.1 Å². The Morgan fingerprint density at radius 3 is 1.87 bits per heavy atom. The van der Waals surface area contributed by atoms with Crippen LogP contribution in [0.4, 0.5) is 5.69 Å². The van der Waals surface area contributed by atoms with Gasteiger partial charge in [-0.25, -0.2) is 21.6 Å². The Hall–Kier alpha value is -1.90. The topological polar surface area (TPSA) is 92.3 Å². The highest BCUT2D eigenvalue weighted by Gasteiger charge is 2.17. The molecule has 2 aromatic carbocycles. The van der Waals surface area contributed by atoms with Gasteiger partial charge in [-0.2, -0.15) is 0 Å². The Bertz CT molecular complexity index is 889. The van der Waals surface area contributed by atoms with Crippen LogP contribution in [0.3, 0.4) is 0 Å². The first-order valence-corrected chi connectivity index (χ1v) is 9.91. The SMILES string of the molecule is CCc1ccccc1NS(=O)(=O)c1ccc(S(=O)(=O)NC)cc1. The van der Waals surface area contributed by atoms with Gasteiger partial charge in [0.1, 0.15) is 0 Å². The minimum absolute atomic E-state index is 0.00143. The quantitative estimate of drug-likeness (QED) is 0.829. The molecule has 0 aliphatic carbocycles. The van der Waals surface area contributed by atoms with E-state index in [4.69, 9.17) is 0 Å². The summed E-state index contributed by atoms with van der Waals surface area (Å²) >= 11 is 0. The van der Waals surface area contributed by atoms with Crippen LogP contribution < -0.4 is 9.44 Å². The van der Waals surface area contributed by atoms with Crippen molar-refractivity contribution in [3.63, 3.8) is 0 Å². The van der Waals surface area contributed by atoms with E-state index in [1.165, 1.54) is 31.3 Å². The number of sulfonamides is 2. The normalized spacial score (nSPS) is 12.1. The molecule has 0 unspecified atom stereocenters. The number of benzene rings is 2. The average molecular weight is 354 g/mol. The maximum atomic E-state index is 12.4. The minimum atomic E-state index is -3.78. The summed E-state index contributed by atoms with van der Waals surface area (Å²) in [5.74, 6) is 0. The Kier molecular flexibility index (Phi) is 5.08. The van der Waals surface area contributed by atoms with Gasteiger partial charge in [-0.05, 0) is 49.4 Å². The summed E-state index contributed by atoms with van der Waals surface area (Å²) in [6.45, 7) is 1.94. The molecule has 8 heteroatoms. The fourth-order valence-corrected chi connectivity index (χ4v) is 3.88. The summed E-state index contributed by atoms with van der Waals surface area (Å²) in [6, 6.07) is 12.2. The standard InChI is InChI=1S/C15H18N2O4S2/c1-3-12-6-4-5-7-15(12)17-23(20,21)14-10-8-13(9-11-14)22(18,19)16-2/h4-11,16-17H,3H2,1-2H3. The Labute approximate surface area is 136 Å². The van der Waals surface area contributed by atoms with Gasteiger partial charge < -0.3 is 0 Å². The second-order valence-electron chi connectivity index (χ2n) is 4.80. The highest BCUT2D eigenvalue weighted by molar-refractivity contribution is 7.92. The minimum Gasteiger partial charge on any atom is -0.279 e. The number of anilines is 1. The Balaban J connectivity index is 2.33. The van der Waals surface area contributed by atoms with E-state index < -0.39 is 20.0 Å². The molecule has 0 saturated heterocycles. The molecule has 2 aromatic rings. The largest absolute Gasteiger partial charge is 0.279 e. The third-order valence-corrected chi connectivity index (χ3v) is 6.17. The molecule has 0 fully saturated rings. The van der Waals surface area contributed by atoms with E-state index in [1.54, 1.807) is 12.1 Å². The molecule has 6 nitrogen and oxygen atoms in total. The first-order valence-electron chi connectivity index (χ1n) is 6.94. The number of rotatable bonds is 6. The van der Waals surface area contributed by atoms with Crippen LogP contribution in [0.1, 0.15) is 12.5 Å². The number of hydrogen-bond donors (Lipinski definition) is 2. The molecule has 0 atom stereocenters. The summed E-state index contributed by atoms with van der Waals surface area (Å²) in [6.07, 6.45) is 0.693. The Morgan fingerprint density at radius 1 is 0.826 bits per heavy atom. The lowest BCUT2D eigenvalue weighted by Gasteiger charge is -2.12. The van der Waals surface area contributed by atoms with E-state index in [9.17, 15) is 16.8 Å². The smallest absolute Gasteiger partial charge is 0.261 e. The summed E-state index contributed by atoms with van der Waals surface area (Å²) in [5, 5.41) is 0. The van der Waals surface area contributed by atoms with Crippen molar-refractivity contribution in [2.45, 2.75) is 23.1 Å². The maximum Gasteiger partial charge on any atom is 0.261 e. The zero-order chi connectivity index (χ0) is 17.1. The van der Waals surface area contributed by atoms with Crippen LogP contribution in [-0.4, -0.2) is 23.9 Å². The first-order chi connectivity index (χ1) is 10.8. The van der Waals surface area contributed by atoms with Crippen molar-refractivity contribution in [2.75, 3.05) is 11.8 Å². The number of para-hydroxylation sites is 1. The second-order valence-corrected chi connectivity index (χ2v) is 8.36. The van der Waals surface area contributed by atoms with Crippen molar-refractivity contribution in [2.24, 2.45) is 0 Å². The van der Waals surface area contributed by atoms with Crippen LogP contribution in [0.5, 0.6) is 0 Å². The van der Waals surface area contributed by atoms with Gasteiger partial charge in [0.2, 0.25) is 10.0 Å². The van der Waals surface area contributed by atoms with E-state index >= 15 is 0 Å². The second kappa shape index (κ2) is 6.69. The van der Waals surface area contributed by atoms with Crippen molar-refractivity contribution in [1.82, 2.24) is 4.72 Å². The molecule has 124 valence electrons. The van der Waals surface area contributed by atoms with E-state index in [0.717, 1.165) is 5.56 Å². The van der Waals surface area contributed by atoms with Gasteiger partial charge in [0.15, 0.2) is 0 Å². The molecular weight excluding hydrogens is 336 g/mol. The van der Waals surface area contributed by atoms with Crippen LogP contribution in [0.2, 0.25) is 0 Å². The number of nitrogens with one attached hydrogen (secondary N) is 2. The summed E-state index contributed by atoms with van der Waals surface area (Å²) in [4.78, 5) is 0.00590. The molecule has 0 amide bonds. The molecule has 23 heavy (non-hydrogen) atoms. The molecular formula is C15H18N2O4S2. The van der Waals surface area contributed by atoms with Gasteiger partial charge in [0.25, 0.3) is 10.0 Å². The third-order valence-electron chi connectivity index (χ3n) is 3.36. The molecule has 0 spiro atoms. The lowest BCUT2D eigenvalue weighted by atomic mass is 10.1. The molecule has 2 N–H and O–H groups in total. The lowest BCUT2D eigenvalue weighted by molar-refractivity contribution is 0.587. The van der Waals surface area contributed by atoms with E-state index in [1.807, 2.05) is 19.1 Å². The van der Waals surface area contributed by atoms with Crippen molar-refractivity contribution in [1.29, 1.82) is 0 Å². The maximum absolute atomic E-state index is 12.4. The predicted octanol–water partition coefficient (Wildman–Crippen LogP) is 1.96. The highest BCUT2D eigenvalue weighted by atomic mass is 32.2. The van der Waals surface area contributed by atoms with Crippen LogP contribution >= 0.6 is 0 Å². The molecule has 0 heterocycles. The van der Waals surface area contributed by atoms with Gasteiger partial charge in [-0.1, -0.05) is 25.1 Å². The van der Waals surface area contributed by atoms with E-state index in [0.29, 0.717) is 12.1 Å². The van der Waals surface area contributed by atoms with Gasteiger partial charge >= 0.3 is 0 Å². The molecule has 0 aliphatic heterocycles. The molecule has 0 aromatic heterocycles. The van der Waals surface area contributed by atoms with Gasteiger partial charge in [-0.15, -0.1) is 0 Å². The average Bonchev–Trinajstić information content (AvgIpc) is 2.55. The van der Waals surface area contributed by atoms with Crippen molar-refractivity contribution < 1.29 is 16.8 Å². The highest BCUT2D eigenvalue weighted by Crippen LogP contribution is 2.21. The van der Waals surface area contributed by atoms with Crippen molar-refractivity contribution >= 4 is 25.7 Å². The van der Waals surface area contributed by atoms with Gasteiger partial charge in [0, 0.05) is 0 Å². The van der Waals surface area contributed by atoms with Crippen LogP contribution in [-0.2, 0) is 26.5 Å². The van der Waals surface area contributed by atoms with E-state index in [2.05, 4.69) is 9.44 Å². The summed E-state index contributed by atoms with van der Waals surface area (Å²) < 4.78 is 52.9. The van der Waals surface area contributed by atoms with Crippen LogP contribution in [0, 0.1) is 0 Å². The molecule has 0 saturated carbocycles. The van der Waals surface area contributed by atoms with Gasteiger partial charge in [-0.3, -0.25) is 4.72 Å². The van der Waals surface area contributed by atoms with E-state index in [-0.39, 0.29) is 9.79 Å². The molecule has 0 radical (unpaired) electrons. The zero-order valence-corrected chi connectivity index (χ0v) is 14.4. The lowest BCUT2D eigenvalue weighted by Crippen LogP contribution is -2.19. The van der Waals surface area contributed by atoms with Crippen LogP contribution in [0.15, 0.2) is 58.3 Å². The fraction of sp³-hybridized carbons (Fsp3) is 0.200. The molecule has 0 bridgehead atoms. The number of hydrogen-bond acceptors (Lipinski definition) is 4. The van der Waals surface area contributed by atoms with Gasteiger partial charge in [0.05, 0.1) is 15.5 Å². The monoisotopic (exact) mass is 354 g/mol. The first kappa shape index (κ1) is 17.5. The predicted molar refractivity (Wildman–Crippen MR) is 89.3 cm³/mol.